The summed E-state index contributed by atoms with van der Waals surface area (Å²) < 4.78 is 1.79. The summed E-state index contributed by atoms with van der Waals surface area (Å²) in [4.78, 5) is 37.4. The first kappa shape index (κ1) is 24.8. The Balaban J connectivity index is 1.54. The standard InChI is InChI=1S/C25H33N5O2S2/c1-28(2)14-7-15-30-24(32)22-19-8-5-6-9-20(19)34-23(22)27-25(30)33-16-21(31)26-17-10-12-18(13-11-17)29(3)4/h10-13H,5-9,14-16H2,1-4H3,(H,26,31). The maximum atomic E-state index is 13.6. The van der Waals surface area contributed by atoms with E-state index in [0.29, 0.717) is 11.7 Å². The second-order valence-electron chi connectivity index (χ2n) is 9.18. The second-order valence-corrected chi connectivity index (χ2v) is 11.2. The molecule has 0 spiro atoms. The number of nitrogens with zero attached hydrogens (tertiary/aromatic N) is 4. The molecule has 0 saturated carbocycles. The number of aryl methyl sites for hydroxylation is 2. The molecule has 1 N–H and O–H groups in total. The molecule has 0 saturated heterocycles. The highest BCUT2D eigenvalue weighted by molar-refractivity contribution is 7.99. The molecule has 34 heavy (non-hydrogen) atoms. The van der Waals surface area contributed by atoms with Crippen LogP contribution in [0.2, 0.25) is 0 Å². The van der Waals surface area contributed by atoms with E-state index in [-0.39, 0.29) is 17.2 Å². The number of hydrogen-bond donors (Lipinski definition) is 1. The van der Waals surface area contributed by atoms with Crippen molar-refractivity contribution in [3.63, 3.8) is 0 Å². The molecule has 3 aromatic rings. The molecule has 0 atom stereocenters. The Bertz CT molecular complexity index is 1210. The third kappa shape index (κ3) is 5.64. The monoisotopic (exact) mass is 499 g/mol. The SMILES string of the molecule is CN(C)CCCn1c(SCC(=O)Nc2ccc(N(C)C)cc2)nc2sc3c(c2c1=O)CCCC3. The van der Waals surface area contributed by atoms with Gasteiger partial charge in [-0.15, -0.1) is 11.3 Å². The smallest absolute Gasteiger partial charge is 0.263 e. The third-order valence-corrected chi connectivity index (χ3v) is 8.19. The van der Waals surface area contributed by atoms with Crippen LogP contribution in [0.4, 0.5) is 11.4 Å². The molecule has 9 heteroatoms. The van der Waals surface area contributed by atoms with Crippen LogP contribution in [0.25, 0.3) is 10.2 Å². The summed E-state index contributed by atoms with van der Waals surface area (Å²) >= 11 is 3.00. The van der Waals surface area contributed by atoms with Crippen molar-refractivity contribution in [3.8, 4) is 0 Å². The summed E-state index contributed by atoms with van der Waals surface area (Å²) in [5, 5.41) is 4.39. The van der Waals surface area contributed by atoms with Gasteiger partial charge in [-0.3, -0.25) is 14.2 Å². The number of rotatable bonds is 9. The van der Waals surface area contributed by atoms with Gasteiger partial charge in [0.1, 0.15) is 4.83 Å². The molecule has 2 heterocycles. The summed E-state index contributed by atoms with van der Waals surface area (Å²) in [6.07, 6.45) is 5.16. The van der Waals surface area contributed by atoms with Crippen molar-refractivity contribution < 1.29 is 4.79 Å². The topological polar surface area (TPSA) is 70.5 Å². The maximum Gasteiger partial charge on any atom is 0.263 e. The summed E-state index contributed by atoms with van der Waals surface area (Å²) in [5.74, 6) is 0.0915. The number of aromatic nitrogens is 2. The van der Waals surface area contributed by atoms with E-state index in [1.54, 1.807) is 15.9 Å². The molecule has 182 valence electrons. The van der Waals surface area contributed by atoms with E-state index in [0.717, 1.165) is 53.8 Å². The highest BCUT2D eigenvalue weighted by Gasteiger charge is 2.22. The predicted octanol–water partition coefficient (Wildman–Crippen LogP) is 4.09. The van der Waals surface area contributed by atoms with Crippen molar-refractivity contribution >= 4 is 50.6 Å². The fraction of sp³-hybridized carbons (Fsp3) is 0.480. The van der Waals surface area contributed by atoms with Crippen molar-refractivity contribution in [1.29, 1.82) is 0 Å². The first-order valence-corrected chi connectivity index (χ1v) is 13.5. The Labute approximate surface area is 209 Å². The molecular formula is C25H33N5O2S2. The van der Waals surface area contributed by atoms with Crippen molar-refractivity contribution in [2.24, 2.45) is 0 Å². The van der Waals surface area contributed by atoms with Crippen molar-refractivity contribution in [3.05, 3.63) is 45.1 Å². The molecule has 1 aromatic carbocycles. The van der Waals surface area contributed by atoms with Gasteiger partial charge in [0.05, 0.1) is 11.1 Å². The van der Waals surface area contributed by atoms with Gasteiger partial charge in [0.2, 0.25) is 5.91 Å². The van der Waals surface area contributed by atoms with Crippen LogP contribution in [-0.4, -0.2) is 60.8 Å². The second kappa shape index (κ2) is 10.9. The molecular weight excluding hydrogens is 466 g/mol. The summed E-state index contributed by atoms with van der Waals surface area (Å²) in [5.41, 5.74) is 3.09. The number of fused-ring (bicyclic) bond motifs is 3. The molecule has 0 radical (unpaired) electrons. The van der Waals surface area contributed by atoms with E-state index in [1.807, 2.05) is 57.4 Å². The molecule has 4 rings (SSSR count). The number of benzene rings is 1. The number of thioether (sulfide) groups is 1. The van der Waals surface area contributed by atoms with Crippen LogP contribution in [0.5, 0.6) is 0 Å². The highest BCUT2D eigenvalue weighted by Crippen LogP contribution is 2.34. The zero-order valence-corrected chi connectivity index (χ0v) is 22.0. The molecule has 1 aliphatic carbocycles. The van der Waals surface area contributed by atoms with Crippen molar-refractivity contribution in [2.75, 3.05) is 50.7 Å². The molecule has 1 aliphatic rings. The van der Waals surface area contributed by atoms with E-state index in [2.05, 4.69) is 10.2 Å². The Hall–Kier alpha value is -2.36. The van der Waals surface area contributed by atoms with Crippen molar-refractivity contribution in [1.82, 2.24) is 14.5 Å². The van der Waals surface area contributed by atoms with Gasteiger partial charge in [0.15, 0.2) is 5.16 Å². The average molecular weight is 500 g/mol. The Morgan fingerprint density at radius 3 is 2.59 bits per heavy atom. The van der Waals surface area contributed by atoms with E-state index in [4.69, 9.17) is 4.98 Å². The minimum atomic E-state index is -0.109. The van der Waals surface area contributed by atoms with E-state index in [9.17, 15) is 9.59 Å². The van der Waals surface area contributed by atoms with Crippen LogP contribution in [-0.2, 0) is 24.2 Å². The van der Waals surface area contributed by atoms with Gasteiger partial charge >= 0.3 is 0 Å². The Morgan fingerprint density at radius 2 is 1.88 bits per heavy atom. The van der Waals surface area contributed by atoms with Gasteiger partial charge in [-0.1, -0.05) is 11.8 Å². The first-order valence-electron chi connectivity index (χ1n) is 11.7. The lowest BCUT2D eigenvalue weighted by Crippen LogP contribution is -2.26. The number of carbonyl (C=O) groups excluding carboxylic acids is 1. The normalized spacial score (nSPS) is 13.3. The van der Waals surface area contributed by atoms with Gasteiger partial charge in [-0.25, -0.2) is 4.98 Å². The molecule has 2 aromatic heterocycles. The molecule has 0 fully saturated rings. The van der Waals surface area contributed by atoms with Crippen LogP contribution in [0.3, 0.4) is 0 Å². The van der Waals surface area contributed by atoms with Crippen LogP contribution in [0.15, 0.2) is 34.2 Å². The molecule has 1 amide bonds. The van der Waals surface area contributed by atoms with Gasteiger partial charge in [-0.2, -0.15) is 0 Å². The zero-order chi connectivity index (χ0) is 24.2. The summed E-state index contributed by atoms with van der Waals surface area (Å²) in [7, 11) is 8.03. The zero-order valence-electron chi connectivity index (χ0n) is 20.4. The minimum Gasteiger partial charge on any atom is -0.378 e. The quantitative estimate of drug-likeness (QED) is 0.353. The van der Waals surface area contributed by atoms with Gasteiger partial charge in [0.25, 0.3) is 5.56 Å². The summed E-state index contributed by atoms with van der Waals surface area (Å²) in [6, 6.07) is 7.74. The number of nitrogens with one attached hydrogen (secondary N) is 1. The lowest BCUT2D eigenvalue weighted by atomic mass is 9.97. The fourth-order valence-corrected chi connectivity index (χ4v) is 6.37. The fourth-order valence-electron chi connectivity index (χ4n) is 4.24. The van der Waals surface area contributed by atoms with Crippen molar-refractivity contribution in [2.45, 2.75) is 43.8 Å². The average Bonchev–Trinajstić information content (AvgIpc) is 3.18. The van der Waals surface area contributed by atoms with Crippen LogP contribution in [0.1, 0.15) is 29.7 Å². The number of anilines is 2. The van der Waals surface area contributed by atoms with Gasteiger partial charge in [0, 0.05) is 36.9 Å². The first-order chi connectivity index (χ1) is 16.3. The number of thiophene rings is 1. The summed E-state index contributed by atoms with van der Waals surface area (Å²) in [6.45, 7) is 1.49. The van der Waals surface area contributed by atoms with Crippen LogP contribution in [0, 0.1) is 0 Å². The lowest BCUT2D eigenvalue weighted by Gasteiger charge is -2.15. The van der Waals surface area contributed by atoms with E-state index < -0.39 is 0 Å². The third-order valence-electron chi connectivity index (χ3n) is 6.03. The Morgan fingerprint density at radius 1 is 1.15 bits per heavy atom. The number of amides is 1. The van der Waals surface area contributed by atoms with Crippen LogP contribution >= 0.6 is 23.1 Å². The van der Waals surface area contributed by atoms with E-state index in [1.165, 1.54) is 28.6 Å². The van der Waals surface area contributed by atoms with Gasteiger partial charge in [-0.05, 0) is 82.6 Å². The molecule has 0 bridgehead atoms. The number of hydrogen-bond acceptors (Lipinski definition) is 7. The number of carbonyl (C=O) groups is 1. The molecule has 0 aliphatic heterocycles. The minimum absolute atomic E-state index is 0.0466. The van der Waals surface area contributed by atoms with Gasteiger partial charge < -0.3 is 15.1 Å². The maximum absolute atomic E-state index is 13.6. The Kier molecular flexibility index (Phi) is 7.95. The highest BCUT2D eigenvalue weighted by atomic mass is 32.2. The largest absolute Gasteiger partial charge is 0.378 e. The lowest BCUT2D eigenvalue weighted by molar-refractivity contribution is -0.113. The molecule has 7 nitrogen and oxygen atoms in total. The molecule has 0 unspecified atom stereocenters. The van der Waals surface area contributed by atoms with Crippen LogP contribution < -0.4 is 15.8 Å². The predicted molar refractivity (Wildman–Crippen MR) is 144 cm³/mol. The van der Waals surface area contributed by atoms with E-state index >= 15 is 0 Å².